The second kappa shape index (κ2) is 7.06. The largest absolute Gasteiger partial charge is 0.497 e. The second-order valence-electron chi connectivity index (χ2n) is 5.95. The summed E-state index contributed by atoms with van der Waals surface area (Å²) in [6.07, 6.45) is 0. The van der Waals surface area contributed by atoms with Gasteiger partial charge in [0.05, 0.1) is 17.3 Å². The summed E-state index contributed by atoms with van der Waals surface area (Å²) in [5, 5.41) is 5.03. The Balaban J connectivity index is 1.65. The Morgan fingerprint density at radius 3 is 2.58 bits per heavy atom. The summed E-state index contributed by atoms with van der Waals surface area (Å²) < 4.78 is 8.34. The molecule has 2 aromatic carbocycles. The number of carbonyl (C=O) groups is 1. The Hall–Kier alpha value is -3.05. The summed E-state index contributed by atoms with van der Waals surface area (Å²) in [5.41, 5.74) is 3.64. The van der Waals surface area contributed by atoms with Crippen molar-refractivity contribution in [2.75, 3.05) is 12.4 Å². The molecule has 4 aromatic rings. The number of nitrogens with zero attached hydrogens (tertiary/aromatic N) is 1. The third-order valence-electron chi connectivity index (χ3n) is 4.29. The number of methoxy groups -OCH3 is 1. The topological polar surface area (TPSA) is 43.3 Å². The molecule has 4 nitrogen and oxygen atoms in total. The molecule has 1 amide bonds. The van der Waals surface area contributed by atoms with E-state index in [1.165, 1.54) is 0 Å². The van der Waals surface area contributed by atoms with Crippen LogP contribution in [0.3, 0.4) is 0 Å². The molecule has 0 bridgehead atoms. The van der Waals surface area contributed by atoms with Crippen LogP contribution in [0.2, 0.25) is 0 Å². The number of carbonyl (C=O) groups excluding carboxylic acids is 1. The zero-order valence-electron chi connectivity index (χ0n) is 14.3. The number of hydrogen-bond acceptors (Lipinski definition) is 3. The van der Waals surface area contributed by atoms with Crippen molar-refractivity contribution in [3.63, 3.8) is 0 Å². The first-order valence-electron chi connectivity index (χ1n) is 8.30. The van der Waals surface area contributed by atoms with Crippen LogP contribution in [-0.4, -0.2) is 17.6 Å². The van der Waals surface area contributed by atoms with E-state index < -0.39 is 0 Å². The van der Waals surface area contributed by atoms with Crippen LogP contribution in [0.1, 0.15) is 16.1 Å². The molecule has 2 heterocycles. The lowest BCUT2D eigenvalue weighted by Crippen LogP contribution is -2.17. The molecule has 2 aromatic heterocycles. The van der Waals surface area contributed by atoms with E-state index >= 15 is 0 Å². The fraction of sp³-hybridized carbons (Fsp3) is 0.0952. The number of ether oxygens (including phenoxy) is 1. The van der Waals surface area contributed by atoms with E-state index in [1.807, 2.05) is 48.5 Å². The predicted octanol–water partition coefficient (Wildman–Crippen LogP) is 5.01. The van der Waals surface area contributed by atoms with E-state index in [-0.39, 0.29) is 5.91 Å². The van der Waals surface area contributed by atoms with E-state index in [9.17, 15) is 4.79 Å². The number of benzene rings is 2. The van der Waals surface area contributed by atoms with Crippen LogP contribution in [0.15, 0.2) is 72.1 Å². The van der Waals surface area contributed by atoms with E-state index in [2.05, 4.69) is 33.5 Å². The van der Waals surface area contributed by atoms with Crippen LogP contribution in [0, 0.1) is 0 Å². The Bertz CT molecular complexity index is 1030. The number of anilines is 1. The third kappa shape index (κ3) is 3.21. The molecular formula is C21H18N2O2S. The molecule has 1 N–H and O–H groups in total. The summed E-state index contributed by atoms with van der Waals surface area (Å²) in [7, 11) is 1.62. The number of aromatic nitrogens is 1. The van der Waals surface area contributed by atoms with Crippen LogP contribution in [0.25, 0.3) is 10.2 Å². The zero-order valence-corrected chi connectivity index (χ0v) is 15.1. The Labute approximate surface area is 155 Å². The van der Waals surface area contributed by atoms with Crippen molar-refractivity contribution in [3.8, 4) is 5.75 Å². The highest BCUT2D eigenvalue weighted by molar-refractivity contribution is 7.17. The summed E-state index contributed by atoms with van der Waals surface area (Å²) in [4.78, 5) is 12.9. The van der Waals surface area contributed by atoms with E-state index in [4.69, 9.17) is 4.74 Å². The highest BCUT2D eigenvalue weighted by Gasteiger charge is 2.17. The minimum Gasteiger partial charge on any atom is -0.497 e. The van der Waals surface area contributed by atoms with Crippen LogP contribution in [-0.2, 0) is 6.54 Å². The lowest BCUT2D eigenvalue weighted by Gasteiger charge is -2.11. The molecule has 0 aliphatic heterocycles. The zero-order chi connectivity index (χ0) is 17.9. The van der Waals surface area contributed by atoms with Gasteiger partial charge in [0.15, 0.2) is 0 Å². The van der Waals surface area contributed by atoms with Gasteiger partial charge in [0, 0.05) is 12.2 Å². The summed E-state index contributed by atoms with van der Waals surface area (Å²) in [5.74, 6) is 0.644. The Kier molecular flexibility index (Phi) is 4.46. The van der Waals surface area contributed by atoms with E-state index in [0.29, 0.717) is 12.2 Å². The lowest BCUT2D eigenvalue weighted by atomic mass is 10.2. The summed E-state index contributed by atoms with van der Waals surface area (Å²) >= 11 is 1.64. The fourth-order valence-corrected chi connectivity index (χ4v) is 3.79. The summed E-state index contributed by atoms with van der Waals surface area (Å²) in [6, 6.07) is 21.5. The normalized spacial score (nSPS) is 10.8. The number of fused-ring (bicyclic) bond motifs is 1. The molecule has 0 aliphatic carbocycles. The van der Waals surface area contributed by atoms with Gasteiger partial charge >= 0.3 is 0 Å². The van der Waals surface area contributed by atoms with Gasteiger partial charge in [-0.25, -0.2) is 0 Å². The second-order valence-corrected chi connectivity index (χ2v) is 6.90. The Morgan fingerprint density at radius 1 is 1.08 bits per heavy atom. The van der Waals surface area contributed by atoms with Crippen molar-refractivity contribution < 1.29 is 9.53 Å². The van der Waals surface area contributed by atoms with Crippen molar-refractivity contribution in [2.24, 2.45) is 0 Å². The van der Waals surface area contributed by atoms with Crippen molar-refractivity contribution in [2.45, 2.75) is 6.54 Å². The predicted molar refractivity (Wildman–Crippen MR) is 106 cm³/mol. The molecule has 0 aliphatic rings. The first kappa shape index (κ1) is 16.4. The average molecular weight is 362 g/mol. The smallest absolute Gasteiger partial charge is 0.272 e. The molecule has 5 heteroatoms. The quantitative estimate of drug-likeness (QED) is 0.542. The molecule has 0 spiro atoms. The van der Waals surface area contributed by atoms with Crippen molar-refractivity contribution >= 4 is 33.1 Å². The van der Waals surface area contributed by atoms with Gasteiger partial charge in [-0.2, -0.15) is 0 Å². The van der Waals surface area contributed by atoms with Crippen LogP contribution >= 0.6 is 11.3 Å². The van der Waals surface area contributed by atoms with Gasteiger partial charge in [-0.3, -0.25) is 4.79 Å². The monoisotopic (exact) mass is 362 g/mol. The van der Waals surface area contributed by atoms with Gasteiger partial charge in [-0.15, -0.1) is 11.3 Å². The number of nitrogens with one attached hydrogen (secondary N) is 1. The maximum Gasteiger partial charge on any atom is 0.272 e. The van der Waals surface area contributed by atoms with Gasteiger partial charge in [0.1, 0.15) is 11.4 Å². The molecule has 4 rings (SSSR count). The van der Waals surface area contributed by atoms with Gasteiger partial charge in [-0.05, 0) is 47.3 Å². The van der Waals surface area contributed by atoms with Gasteiger partial charge < -0.3 is 14.6 Å². The SMILES string of the molecule is COc1ccc(NC(=O)c2cc3sccc3n2Cc2ccccc2)cc1. The van der Waals surface area contributed by atoms with Crippen molar-refractivity contribution in [1.82, 2.24) is 4.57 Å². The summed E-state index contributed by atoms with van der Waals surface area (Å²) in [6.45, 7) is 0.659. The fourth-order valence-electron chi connectivity index (χ4n) is 2.97. The molecule has 0 radical (unpaired) electrons. The molecule has 26 heavy (non-hydrogen) atoms. The van der Waals surface area contributed by atoms with Crippen LogP contribution in [0.5, 0.6) is 5.75 Å². The van der Waals surface area contributed by atoms with Gasteiger partial charge in [0.2, 0.25) is 0 Å². The Morgan fingerprint density at radius 2 is 1.85 bits per heavy atom. The van der Waals surface area contributed by atoms with Gasteiger partial charge in [-0.1, -0.05) is 30.3 Å². The van der Waals surface area contributed by atoms with E-state index in [0.717, 1.165) is 27.2 Å². The molecule has 130 valence electrons. The molecule has 0 saturated carbocycles. The van der Waals surface area contributed by atoms with Gasteiger partial charge in [0.25, 0.3) is 5.91 Å². The number of hydrogen-bond donors (Lipinski definition) is 1. The molecule has 0 unspecified atom stereocenters. The third-order valence-corrected chi connectivity index (χ3v) is 5.14. The van der Waals surface area contributed by atoms with Crippen molar-refractivity contribution in [1.29, 1.82) is 0 Å². The highest BCUT2D eigenvalue weighted by Crippen LogP contribution is 2.27. The molecule has 0 fully saturated rings. The first-order chi connectivity index (χ1) is 12.7. The van der Waals surface area contributed by atoms with Crippen molar-refractivity contribution in [3.05, 3.63) is 83.4 Å². The first-order valence-corrected chi connectivity index (χ1v) is 9.18. The number of thiophene rings is 1. The van der Waals surface area contributed by atoms with Crippen LogP contribution < -0.4 is 10.1 Å². The van der Waals surface area contributed by atoms with Crippen LogP contribution in [0.4, 0.5) is 5.69 Å². The molecule has 0 saturated heterocycles. The maximum atomic E-state index is 12.9. The maximum absolute atomic E-state index is 12.9. The minimum atomic E-state index is -0.116. The number of amides is 1. The highest BCUT2D eigenvalue weighted by atomic mass is 32.1. The number of rotatable bonds is 5. The average Bonchev–Trinajstić information content (AvgIpc) is 3.26. The molecule has 0 atom stereocenters. The standard InChI is InChI=1S/C21H18N2O2S/c1-25-17-9-7-16(8-10-17)22-21(24)19-13-20-18(11-12-26-20)23(19)14-15-5-3-2-4-6-15/h2-13H,14H2,1H3,(H,22,24). The lowest BCUT2D eigenvalue weighted by molar-refractivity contribution is 0.101. The van der Waals surface area contributed by atoms with E-state index in [1.54, 1.807) is 18.4 Å². The minimum absolute atomic E-state index is 0.116. The molecular weight excluding hydrogens is 344 g/mol.